The fourth-order valence-corrected chi connectivity index (χ4v) is 11.4. The number of fused-ring (bicyclic) bond motifs is 2. The average Bonchev–Trinajstić information content (AvgIpc) is 3.47. The zero-order chi connectivity index (χ0) is 57.1. The number of carbonyl (C=O) groups is 3. The molecule has 78 heavy (non-hydrogen) atoms. The number of aromatic hydroxyl groups is 2. The van der Waals surface area contributed by atoms with Gasteiger partial charge in [0.25, 0.3) is 0 Å². The van der Waals surface area contributed by atoms with Crippen LogP contribution >= 0.6 is 0 Å². The highest BCUT2D eigenvalue weighted by molar-refractivity contribution is 6.11. The maximum Gasteiger partial charge on any atom is 0.302 e. The number of aliphatic hydroxyl groups is 9. The molecule has 0 aromatic heterocycles. The SMILES string of the molecule is CC(=O)O[C@@H]1C[C@H](O[C@@H]2C[C@H](Oc3cc4cc5c(c(O)c4c(O)c3C)C(=O)[C@@H](O[C@H]3C[C@@H](O[C@H]4C[C@@H](O[C@H]6C[C@](C)(O)[C@H](O)[C@@H](C)O6)[C@@H](O)[C@@H](C)O4)[C@H](O)[C@@H](C)O3)C([C@H](O)C(=O)[C@@H](O)[C@@H](C)O)C5)O[C@H](C)[C@H]2O)O[C@H](C)[C@H]1O. The molecule has 0 amide bonds. The monoisotopic (exact) mass is 1110 g/mol. The highest BCUT2D eigenvalue weighted by Crippen LogP contribution is 2.47. The molecule has 2 aromatic carbocycles. The van der Waals surface area contributed by atoms with E-state index in [1.165, 1.54) is 39.8 Å². The normalized spacial score (nSPS) is 41.6. The molecular formula is C53H76O25. The number of hydrogen-bond acceptors (Lipinski definition) is 25. The number of aliphatic hydroxyl groups excluding tert-OH is 8. The summed E-state index contributed by atoms with van der Waals surface area (Å²) in [5.41, 5.74) is -1.69. The Morgan fingerprint density at radius 1 is 0.667 bits per heavy atom. The topological polar surface area (TPSA) is 375 Å². The van der Waals surface area contributed by atoms with Crippen molar-refractivity contribution in [1.82, 2.24) is 0 Å². The first-order valence-electron chi connectivity index (χ1n) is 26.5. The van der Waals surface area contributed by atoms with Gasteiger partial charge >= 0.3 is 5.97 Å². The van der Waals surface area contributed by atoms with Crippen molar-refractivity contribution < 1.29 is 123 Å². The van der Waals surface area contributed by atoms with Crippen molar-refractivity contribution in [3.05, 3.63) is 28.8 Å². The number of phenolic OH excluding ortho intramolecular Hbond substituents is 2. The number of esters is 1. The fraction of sp³-hybridized carbons (Fsp3) is 0.755. The molecular weight excluding hydrogens is 1040 g/mol. The molecule has 1 aliphatic carbocycles. The number of hydrogen-bond donors (Lipinski definition) is 11. The Morgan fingerprint density at radius 2 is 1.13 bits per heavy atom. The quantitative estimate of drug-likeness (QED) is 0.102. The summed E-state index contributed by atoms with van der Waals surface area (Å²) >= 11 is 0. The molecule has 2 aromatic rings. The van der Waals surface area contributed by atoms with E-state index in [0.29, 0.717) is 0 Å². The van der Waals surface area contributed by atoms with Crippen LogP contribution in [0, 0.1) is 12.8 Å². The first-order chi connectivity index (χ1) is 36.5. The number of ether oxygens (including phenoxy) is 11. The summed E-state index contributed by atoms with van der Waals surface area (Å²) in [6.07, 6.45) is -28.5. The molecule has 5 heterocycles. The van der Waals surface area contributed by atoms with Gasteiger partial charge in [-0.25, -0.2) is 0 Å². The Bertz CT molecular complexity index is 2470. The van der Waals surface area contributed by atoms with Crippen LogP contribution in [-0.4, -0.2) is 221 Å². The second kappa shape index (κ2) is 24.0. The van der Waals surface area contributed by atoms with E-state index < -0.39 is 182 Å². The minimum absolute atomic E-state index is 0.0324. The molecule has 438 valence electrons. The van der Waals surface area contributed by atoms with E-state index in [0.717, 1.165) is 6.92 Å². The van der Waals surface area contributed by atoms with Gasteiger partial charge in [0.2, 0.25) is 6.29 Å². The zero-order valence-corrected chi connectivity index (χ0v) is 44.9. The molecule has 0 spiro atoms. The highest BCUT2D eigenvalue weighted by Gasteiger charge is 2.51. The van der Waals surface area contributed by atoms with E-state index in [-0.39, 0.29) is 71.7 Å². The summed E-state index contributed by atoms with van der Waals surface area (Å²) in [5.74, 6) is -5.42. The zero-order valence-electron chi connectivity index (χ0n) is 44.9. The van der Waals surface area contributed by atoms with Gasteiger partial charge in [-0.15, -0.1) is 0 Å². The van der Waals surface area contributed by atoms with E-state index in [4.69, 9.17) is 52.1 Å². The van der Waals surface area contributed by atoms with Crippen LogP contribution < -0.4 is 4.74 Å². The highest BCUT2D eigenvalue weighted by atomic mass is 16.7. The minimum atomic E-state index is -2.15. The van der Waals surface area contributed by atoms with E-state index in [1.54, 1.807) is 27.7 Å². The van der Waals surface area contributed by atoms with Crippen LogP contribution in [0.3, 0.4) is 0 Å². The Kier molecular flexibility index (Phi) is 18.5. The maximum absolute atomic E-state index is 14.9. The van der Waals surface area contributed by atoms with Crippen LogP contribution in [0.5, 0.6) is 17.2 Å². The lowest BCUT2D eigenvalue weighted by molar-refractivity contribution is -0.334. The standard InChI is InChI=1S/C53H76O25/c1-18-29(74-34-14-31(44(59)21(4)68-34)75-35-13-30(73-25(8)55)43(58)20(3)69-35)12-27-10-26-11-28(47(62)50(65)42(57)19(2)54)51(49(64)40(26)48(63)39(27)41(18)56)78-37-16-32(45(60)23(6)71-37)76-36-15-33(46(61)22(5)70-36)77-38-17-53(9,67)52(66)24(7)72-38/h10,12,19-24,28,30-38,42-47,51-52,54,56-63,66-67H,11,13-17H2,1-9H3/t19-,20-,21-,22-,23-,24-,28?,30-,31-,32-,33-,34+,35+,36+,37+,38+,42+,43-,44-,45-,46+,47+,51+,52-,53+/m1/s1. The fourth-order valence-electron chi connectivity index (χ4n) is 11.4. The number of phenols is 2. The lowest BCUT2D eigenvalue weighted by atomic mass is 9.75. The third-order valence-corrected chi connectivity index (χ3v) is 16.0. The summed E-state index contributed by atoms with van der Waals surface area (Å²) in [6, 6.07) is 2.91. The van der Waals surface area contributed by atoms with Gasteiger partial charge in [-0.1, -0.05) is 0 Å². The molecule has 0 saturated carbocycles. The molecule has 5 aliphatic heterocycles. The summed E-state index contributed by atoms with van der Waals surface area (Å²) < 4.78 is 66.0. The van der Waals surface area contributed by atoms with Crippen LogP contribution in [-0.2, 0) is 63.4 Å². The molecule has 0 bridgehead atoms. The van der Waals surface area contributed by atoms with Crippen LogP contribution in [0.25, 0.3) is 10.8 Å². The van der Waals surface area contributed by atoms with Crippen LogP contribution in [0.15, 0.2) is 12.1 Å². The van der Waals surface area contributed by atoms with E-state index in [9.17, 15) is 70.6 Å². The molecule has 5 fully saturated rings. The number of benzene rings is 2. The molecule has 11 N–H and O–H groups in total. The van der Waals surface area contributed by atoms with Gasteiger partial charge in [0.15, 0.2) is 36.7 Å². The minimum Gasteiger partial charge on any atom is -0.507 e. The summed E-state index contributed by atoms with van der Waals surface area (Å²) in [4.78, 5) is 40.2. The molecule has 0 radical (unpaired) electrons. The Hall–Kier alpha value is -3.81. The first kappa shape index (κ1) is 60.3. The van der Waals surface area contributed by atoms with Gasteiger partial charge in [-0.2, -0.15) is 0 Å². The second-order valence-electron chi connectivity index (χ2n) is 22.1. The van der Waals surface area contributed by atoms with Gasteiger partial charge in [0.05, 0.1) is 71.5 Å². The predicted octanol–water partition coefficient (Wildman–Crippen LogP) is -0.333. The van der Waals surface area contributed by atoms with Crippen molar-refractivity contribution >= 4 is 28.3 Å². The Morgan fingerprint density at radius 3 is 1.64 bits per heavy atom. The molecule has 6 aliphatic rings. The van der Waals surface area contributed by atoms with Gasteiger partial charge in [-0.3, -0.25) is 14.4 Å². The Balaban J connectivity index is 1.02. The lowest BCUT2D eigenvalue weighted by Gasteiger charge is -2.46. The number of carbonyl (C=O) groups excluding carboxylic acids is 3. The van der Waals surface area contributed by atoms with Crippen LogP contribution in [0.4, 0.5) is 0 Å². The third-order valence-electron chi connectivity index (χ3n) is 16.0. The van der Waals surface area contributed by atoms with Crippen molar-refractivity contribution in [3.63, 3.8) is 0 Å². The molecule has 25 atom stereocenters. The smallest absolute Gasteiger partial charge is 0.302 e. The van der Waals surface area contributed by atoms with Crippen molar-refractivity contribution in [2.24, 2.45) is 5.92 Å². The van der Waals surface area contributed by atoms with E-state index in [1.807, 2.05) is 0 Å². The molecule has 25 nitrogen and oxygen atoms in total. The number of Topliss-reactive ketones (excluding diaryl/α,β-unsaturated/α-hetero) is 2. The van der Waals surface area contributed by atoms with Gasteiger partial charge < -0.3 is 108 Å². The molecule has 8 rings (SSSR count). The molecule has 1 unspecified atom stereocenters. The van der Waals surface area contributed by atoms with Crippen LogP contribution in [0.2, 0.25) is 0 Å². The van der Waals surface area contributed by atoms with Gasteiger partial charge in [-0.05, 0) is 84.9 Å². The van der Waals surface area contributed by atoms with Crippen molar-refractivity contribution in [3.8, 4) is 17.2 Å². The van der Waals surface area contributed by atoms with Gasteiger partial charge in [0, 0.05) is 50.5 Å². The average molecular weight is 1110 g/mol. The maximum atomic E-state index is 14.9. The van der Waals surface area contributed by atoms with Gasteiger partial charge in [0.1, 0.15) is 72.2 Å². The number of ketones is 2. The number of rotatable bonds is 15. The summed E-state index contributed by atoms with van der Waals surface area (Å²) in [6.45, 7) is 13.1. The largest absolute Gasteiger partial charge is 0.507 e. The Labute approximate surface area is 449 Å². The summed E-state index contributed by atoms with van der Waals surface area (Å²) in [5, 5.41) is 122. The van der Waals surface area contributed by atoms with Crippen molar-refractivity contribution in [2.75, 3.05) is 0 Å². The first-order valence-corrected chi connectivity index (χ1v) is 26.5. The molecule has 25 heteroatoms. The lowest BCUT2D eigenvalue weighted by Crippen LogP contribution is -2.58. The van der Waals surface area contributed by atoms with Crippen LogP contribution in [0.1, 0.15) is 109 Å². The van der Waals surface area contributed by atoms with Crippen molar-refractivity contribution in [2.45, 2.75) is 248 Å². The predicted molar refractivity (Wildman–Crippen MR) is 263 cm³/mol. The second-order valence-corrected chi connectivity index (χ2v) is 22.1. The van der Waals surface area contributed by atoms with Crippen molar-refractivity contribution in [1.29, 1.82) is 0 Å². The molecule has 5 saturated heterocycles. The van der Waals surface area contributed by atoms with E-state index >= 15 is 0 Å². The summed E-state index contributed by atoms with van der Waals surface area (Å²) in [7, 11) is 0. The van der Waals surface area contributed by atoms with E-state index in [2.05, 4.69) is 0 Å². The third kappa shape index (κ3) is 12.5.